The van der Waals surface area contributed by atoms with Gasteiger partial charge in [-0.15, -0.1) is 11.8 Å². The zero-order valence-corrected chi connectivity index (χ0v) is 10.8. The number of carbonyl (C=O) groups excluding carboxylic acids is 3. The van der Waals surface area contributed by atoms with Gasteiger partial charge in [0.25, 0.3) is 0 Å². The normalized spacial score (nSPS) is 11.9. The molecule has 1 atom stereocenters. The van der Waals surface area contributed by atoms with E-state index in [0.717, 1.165) is 0 Å². The van der Waals surface area contributed by atoms with Crippen LogP contribution < -0.4 is 0 Å². The Morgan fingerprint density at radius 3 is 2.25 bits per heavy atom. The van der Waals surface area contributed by atoms with Crippen molar-refractivity contribution in [3.8, 4) is 0 Å². The van der Waals surface area contributed by atoms with E-state index in [9.17, 15) is 14.4 Å². The molecule has 4 nitrogen and oxygen atoms in total. The van der Waals surface area contributed by atoms with Gasteiger partial charge in [-0.1, -0.05) is 13.8 Å². The lowest BCUT2D eigenvalue weighted by Crippen LogP contribution is -2.22. The molecular formula is C11H18O4S. The SMILES string of the molecule is CCC(=O)CC(SCC(=O)OC)C(=O)CC. The molecule has 0 aliphatic heterocycles. The van der Waals surface area contributed by atoms with Gasteiger partial charge in [0.15, 0.2) is 0 Å². The molecule has 0 aromatic carbocycles. The maximum atomic E-state index is 11.5. The van der Waals surface area contributed by atoms with Crippen molar-refractivity contribution < 1.29 is 19.1 Å². The number of methoxy groups -OCH3 is 1. The summed E-state index contributed by atoms with van der Waals surface area (Å²) in [5.74, 6) is -0.202. The summed E-state index contributed by atoms with van der Waals surface area (Å²) in [6.45, 7) is 3.52. The number of hydrogen-bond acceptors (Lipinski definition) is 5. The van der Waals surface area contributed by atoms with Gasteiger partial charge in [-0.3, -0.25) is 14.4 Å². The molecule has 0 aliphatic rings. The van der Waals surface area contributed by atoms with Gasteiger partial charge < -0.3 is 4.74 Å². The first-order chi connectivity index (χ1) is 7.54. The fraction of sp³-hybridized carbons (Fsp3) is 0.727. The summed E-state index contributed by atoms with van der Waals surface area (Å²) >= 11 is 1.19. The van der Waals surface area contributed by atoms with Crippen LogP contribution in [0.3, 0.4) is 0 Å². The molecule has 0 heterocycles. The summed E-state index contributed by atoms with van der Waals surface area (Å²) < 4.78 is 4.49. The van der Waals surface area contributed by atoms with Crippen molar-refractivity contribution in [2.75, 3.05) is 12.9 Å². The van der Waals surface area contributed by atoms with E-state index in [1.165, 1.54) is 18.9 Å². The Kier molecular flexibility index (Phi) is 7.89. The van der Waals surface area contributed by atoms with E-state index >= 15 is 0 Å². The number of ether oxygens (including phenoxy) is 1. The van der Waals surface area contributed by atoms with Crippen molar-refractivity contribution in [3.05, 3.63) is 0 Å². The number of ketones is 2. The second-order valence-electron chi connectivity index (χ2n) is 3.29. The standard InChI is InChI=1S/C11H18O4S/c1-4-8(12)6-10(9(13)5-2)16-7-11(14)15-3/h10H,4-7H2,1-3H3. The molecule has 0 rings (SSSR count). The fourth-order valence-corrected chi connectivity index (χ4v) is 2.18. The Balaban J connectivity index is 4.26. The van der Waals surface area contributed by atoms with Crippen LogP contribution in [0, 0.1) is 0 Å². The molecule has 0 saturated heterocycles. The van der Waals surface area contributed by atoms with Gasteiger partial charge in [-0.2, -0.15) is 0 Å². The third kappa shape index (κ3) is 5.90. The van der Waals surface area contributed by atoms with Crippen molar-refractivity contribution in [2.45, 2.75) is 38.4 Å². The molecule has 0 fully saturated rings. The first-order valence-corrected chi connectivity index (χ1v) is 6.32. The van der Waals surface area contributed by atoms with Gasteiger partial charge in [0.2, 0.25) is 0 Å². The van der Waals surface area contributed by atoms with E-state index in [2.05, 4.69) is 4.74 Å². The fourth-order valence-electron chi connectivity index (χ4n) is 1.07. The maximum absolute atomic E-state index is 11.5. The van der Waals surface area contributed by atoms with Gasteiger partial charge >= 0.3 is 5.97 Å². The van der Waals surface area contributed by atoms with Crippen LogP contribution in [0.25, 0.3) is 0 Å². The van der Waals surface area contributed by atoms with Crippen molar-refractivity contribution >= 4 is 29.3 Å². The van der Waals surface area contributed by atoms with Crippen molar-refractivity contribution in [3.63, 3.8) is 0 Å². The highest BCUT2D eigenvalue weighted by molar-refractivity contribution is 8.01. The van der Waals surface area contributed by atoms with Gasteiger partial charge in [0, 0.05) is 19.3 Å². The van der Waals surface area contributed by atoms with Crippen LogP contribution >= 0.6 is 11.8 Å². The second kappa shape index (κ2) is 8.33. The molecule has 0 amide bonds. The van der Waals surface area contributed by atoms with E-state index in [1.54, 1.807) is 13.8 Å². The number of thioether (sulfide) groups is 1. The molecule has 0 N–H and O–H groups in total. The first-order valence-electron chi connectivity index (χ1n) is 5.27. The zero-order valence-electron chi connectivity index (χ0n) is 9.95. The molecule has 0 aromatic heterocycles. The Morgan fingerprint density at radius 2 is 1.81 bits per heavy atom. The highest BCUT2D eigenvalue weighted by Crippen LogP contribution is 2.18. The number of esters is 1. The molecule has 92 valence electrons. The first kappa shape index (κ1) is 15.2. The van der Waals surface area contributed by atoms with Crippen molar-refractivity contribution in [1.29, 1.82) is 0 Å². The Bertz CT molecular complexity index is 263. The third-order valence-corrected chi connectivity index (χ3v) is 3.38. The minimum atomic E-state index is -0.406. The van der Waals surface area contributed by atoms with Crippen LogP contribution in [0.4, 0.5) is 0 Å². The number of carbonyl (C=O) groups is 3. The summed E-state index contributed by atoms with van der Waals surface area (Å²) in [5.41, 5.74) is 0. The van der Waals surface area contributed by atoms with Crippen LogP contribution in [0.1, 0.15) is 33.1 Å². The lowest BCUT2D eigenvalue weighted by Gasteiger charge is -2.12. The van der Waals surface area contributed by atoms with Gasteiger partial charge in [-0.25, -0.2) is 0 Å². The molecule has 0 radical (unpaired) electrons. The minimum Gasteiger partial charge on any atom is -0.468 e. The Labute approximate surface area is 100 Å². The lowest BCUT2D eigenvalue weighted by atomic mass is 10.1. The topological polar surface area (TPSA) is 60.4 Å². The summed E-state index contributed by atoms with van der Waals surface area (Å²) in [5, 5.41) is -0.406. The molecule has 0 spiro atoms. The smallest absolute Gasteiger partial charge is 0.315 e. The third-order valence-electron chi connectivity index (χ3n) is 2.15. The molecule has 0 aliphatic carbocycles. The number of Topliss-reactive ketones (excluding diaryl/α,β-unsaturated/α-hetero) is 2. The summed E-state index contributed by atoms with van der Waals surface area (Å²) in [4.78, 5) is 33.8. The highest BCUT2D eigenvalue weighted by atomic mass is 32.2. The van der Waals surface area contributed by atoms with Crippen LogP contribution in [0.5, 0.6) is 0 Å². The highest BCUT2D eigenvalue weighted by Gasteiger charge is 2.21. The maximum Gasteiger partial charge on any atom is 0.315 e. The van der Waals surface area contributed by atoms with E-state index in [4.69, 9.17) is 0 Å². The van der Waals surface area contributed by atoms with Crippen LogP contribution in [0.15, 0.2) is 0 Å². The van der Waals surface area contributed by atoms with E-state index in [-0.39, 0.29) is 29.7 Å². The van der Waals surface area contributed by atoms with Crippen molar-refractivity contribution in [2.24, 2.45) is 0 Å². The van der Waals surface area contributed by atoms with E-state index in [0.29, 0.717) is 12.8 Å². The Hall–Kier alpha value is -0.840. The summed E-state index contributed by atoms with van der Waals surface area (Å²) in [7, 11) is 1.30. The molecule has 0 aromatic rings. The average molecular weight is 246 g/mol. The van der Waals surface area contributed by atoms with Crippen LogP contribution in [0.2, 0.25) is 0 Å². The zero-order chi connectivity index (χ0) is 12.6. The minimum absolute atomic E-state index is 0.00991. The lowest BCUT2D eigenvalue weighted by molar-refractivity contribution is -0.137. The summed E-state index contributed by atoms with van der Waals surface area (Å²) in [6, 6.07) is 0. The van der Waals surface area contributed by atoms with Gasteiger partial charge in [0.1, 0.15) is 11.6 Å². The predicted molar refractivity (Wildman–Crippen MR) is 63.5 cm³/mol. The molecule has 16 heavy (non-hydrogen) atoms. The molecular weight excluding hydrogens is 228 g/mol. The molecule has 1 unspecified atom stereocenters. The van der Waals surface area contributed by atoms with Gasteiger partial charge in [0.05, 0.1) is 18.1 Å². The largest absolute Gasteiger partial charge is 0.468 e. The van der Waals surface area contributed by atoms with E-state index in [1.807, 2.05) is 0 Å². The van der Waals surface area contributed by atoms with Crippen LogP contribution in [-0.4, -0.2) is 35.6 Å². The summed E-state index contributed by atoms with van der Waals surface area (Å²) in [6.07, 6.45) is 1.02. The van der Waals surface area contributed by atoms with Gasteiger partial charge in [-0.05, 0) is 0 Å². The van der Waals surface area contributed by atoms with Crippen LogP contribution in [-0.2, 0) is 19.1 Å². The number of hydrogen-bond donors (Lipinski definition) is 0. The quantitative estimate of drug-likeness (QED) is 0.609. The predicted octanol–water partition coefficient (Wildman–Crippen LogP) is 1.61. The van der Waals surface area contributed by atoms with E-state index < -0.39 is 5.25 Å². The second-order valence-corrected chi connectivity index (χ2v) is 4.48. The molecule has 0 saturated carbocycles. The number of rotatable bonds is 8. The van der Waals surface area contributed by atoms with Crippen molar-refractivity contribution in [1.82, 2.24) is 0 Å². The molecule has 5 heteroatoms. The monoisotopic (exact) mass is 246 g/mol. The molecule has 0 bridgehead atoms. The Morgan fingerprint density at radius 1 is 1.19 bits per heavy atom. The average Bonchev–Trinajstić information content (AvgIpc) is 2.32.